The van der Waals surface area contributed by atoms with E-state index in [1.807, 2.05) is 0 Å². The zero-order valence-corrected chi connectivity index (χ0v) is 16.0. The lowest BCUT2D eigenvalue weighted by molar-refractivity contribution is -0.119. The van der Waals surface area contributed by atoms with Gasteiger partial charge >= 0.3 is 5.97 Å². The van der Waals surface area contributed by atoms with Gasteiger partial charge in [-0.15, -0.1) is 0 Å². The fourth-order valence-electron chi connectivity index (χ4n) is 1.97. The number of esters is 1. The summed E-state index contributed by atoms with van der Waals surface area (Å²) in [5, 5.41) is 2.42. The molecule has 0 fully saturated rings. The number of halogens is 2. The summed E-state index contributed by atoms with van der Waals surface area (Å²) >= 11 is 5.93. The summed E-state index contributed by atoms with van der Waals surface area (Å²) in [6, 6.07) is 8.60. The Kier molecular flexibility index (Phi) is 6.53. The van der Waals surface area contributed by atoms with Crippen LogP contribution in [0.15, 0.2) is 47.4 Å². The number of ether oxygens (including phenoxy) is 1. The topological polar surface area (TPSA) is 92.8 Å². The lowest BCUT2D eigenvalue weighted by Gasteiger charge is -2.14. The molecule has 1 N–H and O–H groups in total. The minimum Gasteiger partial charge on any atom is -0.452 e. The normalized spacial score (nSPS) is 11.3. The van der Waals surface area contributed by atoms with Crippen LogP contribution in [-0.4, -0.2) is 45.3 Å². The number of nitrogens with one attached hydrogen (secondary N) is 1. The van der Waals surface area contributed by atoms with Crippen LogP contribution in [-0.2, 0) is 19.6 Å². The molecule has 2 aromatic rings. The molecule has 1 amide bonds. The number of hydrogen-bond donors (Lipinski definition) is 1. The summed E-state index contributed by atoms with van der Waals surface area (Å²) in [5.41, 5.74) is 0.262. The van der Waals surface area contributed by atoms with E-state index in [-0.39, 0.29) is 21.2 Å². The maximum atomic E-state index is 12.8. The summed E-state index contributed by atoms with van der Waals surface area (Å²) in [6.45, 7) is -0.603. The third-order valence-corrected chi connectivity index (χ3v) is 5.68. The molecule has 0 heterocycles. The number of carbonyl (C=O) groups excluding carboxylic acids is 2. The van der Waals surface area contributed by atoms with Crippen molar-refractivity contribution >= 4 is 39.2 Å². The maximum Gasteiger partial charge on any atom is 0.338 e. The fraction of sp³-hybridized carbons (Fsp3) is 0.176. The Hall–Kier alpha value is -2.49. The van der Waals surface area contributed by atoms with Crippen LogP contribution in [0.3, 0.4) is 0 Å². The van der Waals surface area contributed by atoms with Gasteiger partial charge in [-0.2, -0.15) is 0 Å². The monoisotopic (exact) mass is 414 g/mol. The second kappa shape index (κ2) is 8.47. The maximum absolute atomic E-state index is 12.8. The Balaban J connectivity index is 2.04. The van der Waals surface area contributed by atoms with Gasteiger partial charge in [0.05, 0.1) is 10.6 Å². The molecular weight excluding hydrogens is 399 g/mol. The first-order valence-corrected chi connectivity index (χ1v) is 9.37. The van der Waals surface area contributed by atoms with Crippen molar-refractivity contribution in [3.8, 4) is 0 Å². The molecule has 0 saturated heterocycles. The molecular formula is C17H16ClFN2O5S. The second-order valence-electron chi connectivity index (χ2n) is 5.56. The smallest absolute Gasteiger partial charge is 0.338 e. The molecule has 0 aliphatic carbocycles. The summed E-state index contributed by atoms with van der Waals surface area (Å²) in [4.78, 5) is 23.6. The number of benzene rings is 2. The predicted molar refractivity (Wildman–Crippen MR) is 97.6 cm³/mol. The number of carbonyl (C=O) groups is 2. The van der Waals surface area contributed by atoms with Gasteiger partial charge in [0.25, 0.3) is 5.91 Å². The van der Waals surface area contributed by atoms with Crippen LogP contribution in [0.4, 0.5) is 10.1 Å². The average molecular weight is 415 g/mol. The lowest BCUT2D eigenvalue weighted by Crippen LogP contribution is -2.23. The average Bonchev–Trinajstić information content (AvgIpc) is 2.61. The number of nitrogens with zero attached hydrogens (tertiary/aromatic N) is 1. The molecule has 0 atom stereocenters. The third kappa shape index (κ3) is 5.25. The van der Waals surface area contributed by atoms with Gasteiger partial charge < -0.3 is 10.1 Å². The molecule has 2 aromatic carbocycles. The highest BCUT2D eigenvalue weighted by Gasteiger charge is 2.21. The Labute approximate surface area is 160 Å². The van der Waals surface area contributed by atoms with Crippen molar-refractivity contribution in [3.63, 3.8) is 0 Å². The quantitative estimate of drug-likeness (QED) is 0.733. The zero-order chi connectivity index (χ0) is 20.2. The number of amides is 1. The highest BCUT2D eigenvalue weighted by Crippen LogP contribution is 2.26. The zero-order valence-electron chi connectivity index (χ0n) is 14.4. The summed E-state index contributed by atoms with van der Waals surface area (Å²) < 4.78 is 43.1. The molecule has 144 valence electrons. The van der Waals surface area contributed by atoms with Gasteiger partial charge in [0.15, 0.2) is 6.61 Å². The van der Waals surface area contributed by atoms with Crippen LogP contribution >= 0.6 is 11.6 Å². The van der Waals surface area contributed by atoms with Crippen molar-refractivity contribution in [2.75, 3.05) is 26.0 Å². The first-order valence-electron chi connectivity index (χ1n) is 7.56. The highest BCUT2D eigenvalue weighted by atomic mass is 35.5. The second-order valence-corrected chi connectivity index (χ2v) is 8.09. The van der Waals surface area contributed by atoms with Crippen LogP contribution < -0.4 is 5.32 Å². The van der Waals surface area contributed by atoms with Crippen LogP contribution in [0.25, 0.3) is 0 Å². The fourth-order valence-corrected chi connectivity index (χ4v) is 3.37. The molecule has 0 aliphatic rings. The standard InChI is InChI=1S/C17H16ClFN2O5S/c1-21(2)27(24,25)15-9-13(7-8-14(15)18)20-16(22)10-26-17(23)11-3-5-12(19)6-4-11/h3-9H,10H2,1-2H3,(H,20,22). The molecule has 0 unspecified atom stereocenters. The van der Waals surface area contributed by atoms with Crippen LogP contribution in [0, 0.1) is 5.82 Å². The molecule has 0 aliphatic heterocycles. The molecule has 0 spiro atoms. The van der Waals surface area contributed by atoms with Crippen molar-refractivity contribution in [2.45, 2.75) is 4.90 Å². The van der Waals surface area contributed by atoms with E-state index < -0.39 is 34.3 Å². The van der Waals surface area contributed by atoms with Gasteiger partial charge in [0.1, 0.15) is 10.7 Å². The first-order chi connectivity index (χ1) is 12.6. The summed E-state index contributed by atoms with van der Waals surface area (Å²) in [6.07, 6.45) is 0. The van der Waals surface area contributed by atoms with Gasteiger partial charge in [0.2, 0.25) is 10.0 Å². The minimum absolute atomic E-state index is 0.00411. The van der Waals surface area contributed by atoms with Crippen molar-refractivity contribution < 1.29 is 27.1 Å². The molecule has 0 radical (unpaired) electrons. The van der Waals surface area contributed by atoms with Crippen molar-refractivity contribution in [1.29, 1.82) is 0 Å². The van der Waals surface area contributed by atoms with Crippen LogP contribution in [0.2, 0.25) is 5.02 Å². The van der Waals surface area contributed by atoms with Crippen molar-refractivity contribution in [3.05, 3.63) is 58.9 Å². The molecule has 0 aromatic heterocycles. The van der Waals surface area contributed by atoms with E-state index in [4.69, 9.17) is 16.3 Å². The Morgan fingerprint density at radius 3 is 2.37 bits per heavy atom. The van der Waals surface area contributed by atoms with Crippen LogP contribution in [0.5, 0.6) is 0 Å². The van der Waals surface area contributed by atoms with Gasteiger partial charge in [-0.3, -0.25) is 4.79 Å². The highest BCUT2D eigenvalue weighted by molar-refractivity contribution is 7.89. The van der Waals surface area contributed by atoms with E-state index >= 15 is 0 Å². The van der Waals surface area contributed by atoms with Gasteiger partial charge in [-0.05, 0) is 42.5 Å². The lowest BCUT2D eigenvalue weighted by atomic mass is 10.2. The molecule has 2 rings (SSSR count). The van der Waals surface area contributed by atoms with Gasteiger partial charge in [-0.1, -0.05) is 11.6 Å². The number of sulfonamides is 1. The minimum atomic E-state index is -3.80. The van der Waals surface area contributed by atoms with E-state index in [1.165, 1.54) is 44.4 Å². The Bertz CT molecular complexity index is 962. The molecule has 0 bridgehead atoms. The summed E-state index contributed by atoms with van der Waals surface area (Å²) in [7, 11) is -1.09. The van der Waals surface area contributed by atoms with Gasteiger partial charge in [0, 0.05) is 19.8 Å². The molecule has 27 heavy (non-hydrogen) atoms. The predicted octanol–water partition coefficient (Wildman–Crippen LogP) is 2.52. The van der Waals surface area contributed by atoms with Crippen molar-refractivity contribution in [1.82, 2.24) is 4.31 Å². The van der Waals surface area contributed by atoms with E-state index in [0.717, 1.165) is 16.4 Å². The number of rotatable bonds is 6. The first kappa shape index (κ1) is 20.8. The number of hydrogen-bond acceptors (Lipinski definition) is 5. The Morgan fingerprint density at radius 1 is 1.15 bits per heavy atom. The summed E-state index contributed by atoms with van der Waals surface area (Å²) in [5.74, 6) is -1.98. The van der Waals surface area contributed by atoms with Gasteiger partial charge in [-0.25, -0.2) is 21.9 Å². The number of anilines is 1. The van der Waals surface area contributed by atoms with E-state index in [1.54, 1.807) is 0 Å². The molecule has 7 nitrogen and oxygen atoms in total. The SMILES string of the molecule is CN(C)S(=O)(=O)c1cc(NC(=O)COC(=O)c2ccc(F)cc2)ccc1Cl. The largest absolute Gasteiger partial charge is 0.452 e. The Morgan fingerprint density at radius 2 is 1.78 bits per heavy atom. The van der Waals surface area contributed by atoms with Crippen molar-refractivity contribution in [2.24, 2.45) is 0 Å². The van der Waals surface area contributed by atoms with E-state index in [0.29, 0.717) is 0 Å². The van der Waals surface area contributed by atoms with E-state index in [9.17, 15) is 22.4 Å². The molecule has 10 heteroatoms. The third-order valence-electron chi connectivity index (χ3n) is 3.39. The molecule has 0 saturated carbocycles. The van der Waals surface area contributed by atoms with Crippen LogP contribution in [0.1, 0.15) is 10.4 Å². The van der Waals surface area contributed by atoms with E-state index in [2.05, 4.69) is 5.32 Å².